The van der Waals surface area contributed by atoms with Crippen molar-refractivity contribution in [3.63, 3.8) is 0 Å². The van der Waals surface area contributed by atoms with Gasteiger partial charge >= 0.3 is 17.9 Å². The zero-order valence-corrected chi connectivity index (χ0v) is 35.0. The maximum absolute atomic E-state index is 12.7. The molecule has 0 amide bonds. The molecule has 1 N–H and O–H groups in total. The van der Waals surface area contributed by atoms with Gasteiger partial charge in [-0.2, -0.15) is 0 Å². The summed E-state index contributed by atoms with van der Waals surface area (Å²) < 4.78 is 17.2. The van der Waals surface area contributed by atoms with Gasteiger partial charge in [0.2, 0.25) is 0 Å². The first-order chi connectivity index (χ1) is 25.6. The summed E-state index contributed by atoms with van der Waals surface area (Å²) in [5.41, 5.74) is 0. The number of likely N-dealkylation sites (N-methyl/N-ethyl adjacent to an activating group) is 1. The Morgan fingerprint density at radius 2 is 1.04 bits per heavy atom. The van der Waals surface area contributed by atoms with Gasteiger partial charge in [-0.1, -0.05) is 134 Å². The Labute approximate surface area is 325 Å². The lowest BCUT2D eigenvalue weighted by molar-refractivity contribution is -0.887. The number of quaternary nitrogens is 1. The van der Waals surface area contributed by atoms with Crippen molar-refractivity contribution in [1.29, 1.82) is 0 Å². The minimum absolute atomic E-state index is 0.0564. The Kier molecular flexibility index (Phi) is 34.8. The minimum atomic E-state index is -0.878. The normalized spacial score (nSPS) is 13.3. The Bertz CT molecular complexity index is 968. The number of esters is 2. The molecule has 2 atom stereocenters. The van der Waals surface area contributed by atoms with Crippen LogP contribution in [-0.2, 0) is 28.6 Å². The number of ether oxygens (including phenoxy) is 3. The molecule has 0 aliphatic rings. The highest BCUT2D eigenvalue weighted by Crippen LogP contribution is 2.14. The topological polar surface area (TPSA) is 99.1 Å². The number of allylic oxidation sites excluding steroid dienone is 6. The molecule has 8 nitrogen and oxygen atoms in total. The van der Waals surface area contributed by atoms with Crippen molar-refractivity contribution < 1.29 is 38.2 Å². The summed E-state index contributed by atoms with van der Waals surface area (Å²) in [4.78, 5) is 36.9. The van der Waals surface area contributed by atoms with E-state index in [9.17, 15) is 19.5 Å². The fourth-order valence-corrected chi connectivity index (χ4v) is 6.12. The zero-order valence-electron chi connectivity index (χ0n) is 35.0. The predicted molar refractivity (Wildman–Crippen MR) is 220 cm³/mol. The third-order valence-corrected chi connectivity index (χ3v) is 9.49. The van der Waals surface area contributed by atoms with Crippen molar-refractivity contribution in [2.75, 3.05) is 41.0 Å². The summed E-state index contributed by atoms with van der Waals surface area (Å²) in [5.74, 6) is -1.49. The molecule has 0 saturated heterocycles. The van der Waals surface area contributed by atoms with Crippen molar-refractivity contribution in [2.45, 2.75) is 193 Å². The smallest absolute Gasteiger partial charge is 0.362 e. The molecule has 0 aromatic heterocycles. The van der Waals surface area contributed by atoms with Gasteiger partial charge in [0.25, 0.3) is 0 Å². The van der Waals surface area contributed by atoms with Crippen LogP contribution in [0.4, 0.5) is 0 Å². The third kappa shape index (κ3) is 35.0. The second kappa shape index (κ2) is 36.5. The molecule has 0 fully saturated rings. The van der Waals surface area contributed by atoms with Gasteiger partial charge in [-0.15, -0.1) is 0 Å². The number of aliphatic carboxylic acids is 1. The van der Waals surface area contributed by atoms with Crippen LogP contribution in [0.3, 0.4) is 0 Å². The Hall–Kier alpha value is -2.45. The van der Waals surface area contributed by atoms with Crippen LogP contribution >= 0.6 is 0 Å². The molecule has 0 aromatic rings. The van der Waals surface area contributed by atoms with Gasteiger partial charge in [-0.3, -0.25) is 9.59 Å². The first-order valence-corrected chi connectivity index (χ1v) is 21.5. The number of unbranched alkanes of at least 4 members (excludes halogenated alkanes) is 18. The maximum atomic E-state index is 12.7. The number of rotatable bonds is 38. The Morgan fingerprint density at radius 1 is 0.566 bits per heavy atom. The molecule has 308 valence electrons. The lowest BCUT2D eigenvalue weighted by Gasteiger charge is -2.31. The van der Waals surface area contributed by atoms with Gasteiger partial charge < -0.3 is 23.8 Å². The van der Waals surface area contributed by atoms with E-state index in [0.717, 1.165) is 64.2 Å². The summed E-state index contributed by atoms with van der Waals surface area (Å²) in [6.07, 6.45) is 40.4. The Balaban J connectivity index is 4.31. The lowest BCUT2D eigenvalue weighted by Crippen LogP contribution is -2.50. The van der Waals surface area contributed by atoms with Crippen LogP contribution < -0.4 is 0 Å². The monoisotopic (exact) mass is 749 g/mol. The van der Waals surface area contributed by atoms with Gasteiger partial charge in [-0.25, -0.2) is 4.79 Å². The number of carboxylic acids is 1. The van der Waals surface area contributed by atoms with Crippen LogP contribution in [-0.4, -0.2) is 80.6 Å². The fraction of sp³-hybridized carbons (Fsp3) is 0.800. The maximum Gasteiger partial charge on any atom is 0.362 e. The lowest BCUT2D eigenvalue weighted by atomic mass is 10.1. The van der Waals surface area contributed by atoms with E-state index in [4.69, 9.17) is 14.2 Å². The number of hydrogen-bond acceptors (Lipinski definition) is 6. The number of carbonyl (C=O) groups is 3. The highest BCUT2D eigenvalue weighted by molar-refractivity contribution is 5.72. The van der Waals surface area contributed by atoms with Crippen molar-refractivity contribution >= 4 is 17.9 Å². The molecule has 0 aliphatic heterocycles. The average Bonchev–Trinajstić information content (AvgIpc) is 3.11. The predicted octanol–water partition coefficient (Wildman–Crippen LogP) is 11.5. The van der Waals surface area contributed by atoms with Gasteiger partial charge in [0.05, 0.1) is 34.4 Å². The van der Waals surface area contributed by atoms with Gasteiger partial charge in [0.15, 0.2) is 12.1 Å². The SMILES string of the molecule is CCC/C=C\CCCCCCCC(=O)OCC(COCCC(C(=O)O)[N+](C)(C)C)OC(=O)CCCCCCCCCCC/C=C\C/C=C\CCCCC. The number of carboxylic acid groups (broad SMARTS) is 1. The number of carbonyl (C=O) groups excluding carboxylic acids is 2. The van der Waals surface area contributed by atoms with Crippen molar-refractivity contribution in [2.24, 2.45) is 0 Å². The van der Waals surface area contributed by atoms with Gasteiger partial charge in [0.1, 0.15) is 6.61 Å². The molecule has 2 unspecified atom stereocenters. The van der Waals surface area contributed by atoms with Gasteiger partial charge in [0, 0.05) is 19.3 Å². The molecule has 0 radical (unpaired) electrons. The summed E-state index contributed by atoms with van der Waals surface area (Å²) in [7, 11) is 5.52. The third-order valence-electron chi connectivity index (χ3n) is 9.49. The molecular weight excluding hydrogens is 666 g/mol. The van der Waals surface area contributed by atoms with Crippen molar-refractivity contribution in [3.8, 4) is 0 Å². The highest BCUT2D eigenvalue weighted by atomic mass is 16.6. The second-order valence-corrected chi connectivity index (χ2v) is 15.6. The molecule has 8 heteroatoms. The summed E-state index contributed by atoms with van der Waals surface area (Å²) in [6, 6.07) is -0.615. The minimum Gasteiger partial charge on any atom is -0.477 e. The molecule has 0 spiro atoms. The van der Waals surface area contributed by atoms with Crippen LogP contribution in [0.25, 0.3) is 0 Å². The highest BCUT2D eigenvalue weighted by Gasteiger charge is 2.31. The largest absolute Gasteiger partial charge is 0.477 e. The molecule has 0 saturated carbocycles. The van der Waals surface area contributed by atoms with Crippen molar-refractivity contribution in [3.05, 3.63) is 36.5 Å². The van der Waals surface area contributed by atoms with E-state index in [1.807, 2.05) is 21.1 Å². The fourth-order valence-electron chi connectivity index (χ4n) is 6.12. The van der Waals surface area contributed by atoms with Gasteiger partial charge in [-0.05, 0) is 64.2 Å². The number of hydrogen-bond donors (Lipinski definition) is 1. The first-order valence-electron chi connectivity index (χ1n) is 21.5. The van der Waals surface area contributed by atoms with E-state index in [0.29, 0.717) is 19.3 Å². The zero-order chi connectivity index (χ0) is 39.3. The first kappa shape index (κ1) is 50.5. The van der Waals surface area contributed by atoms with Crippen LogP contribution in [0.1, 0.15) is 181 Å². The molecule has 0 heterocycles. The molecule has 0 rings (SSSR count). The molecular formula is C45H82NO7+. The van der Waals surface area contributed by atoms with E-state index in [-0.39, 0.29) is 36.2 Å². The molecule has 53 heavy (non-hydrogen) atoms. The second-order valence-electron chi connectivity index (χ2n) is 15.6. The summed E-state index contributed by atoms with van der Waals surface area (Å²) in [6.45, 7) is 4.63. The molecule has 0 bridgehead atoms. The van der Waals surface area contributed by atoms with E-state index >= 15 is 0 Å². The summed E-state index contributed by atoms with van der Waals surface area (Å²) in [5, 5.41) is 9.60. The quantitative estimate of drug-likeness (QED) is 0.0290. The van der Waals surface area contributed by atoms with E-state index in [1.54, 1.807) is 0 Å². The van der Waals surface area contributed by atoms with Crippen molar-refractivity contribution in [1.82, 2.24) is 0 Å². The van der Waals surface area contributed by atoms with Crippen LogP contribution in [0.5, 0.6) is 0 Å². The van der Waals surface area contributed by atoms with Crippen LogP contribution in [0, 0.1) is 0 Å². The number of nitrogens with zero attached hydrogens (tertiary/aromatic N) is 1. The standard InChI is InChI=1S/C45H81NO7/c1-6-8-10-12-14-16-18-19-20-21-22-23-24-25-26-28-30-32-34-36-44(48)53-41(39-51-38-37-42(45(49)50)46(3,4)5)40-52-43(47)35-33-31-29-27-17-15-13-11-9-7-2/h11,13-14,16,19-20,41-42H,6-10,12,15,17-18,21-40H2,1-5H3/p+1/b13-11-,16-14-,20-19-. The van der Waals surface area contributed by atoms with Crippen LogP contribution in [0.2, 0.25) is 0 Å². The molecule has 0 aliphatic carbocycles. The average molecular weight is 749 g/mol. The van der Waals surface area contributed by atoms with Crippen LogP contribution in [0.15, 0.2) is 36.5 Å². The molecule has 0 aromatic carbocycles. The van der Waals surface area contributed by atoms with E-state index < -0.39 is 18.1 Å². The summed E-state index contributed by atoms with van der Waals surface area (Å²) >= 11 is 0. The van der Waals surface area contributed by atoms with E-state index in [2.05, 4.69) is 50.3 Å². The van der Waals surface area contributed by atoms with E-state index in [1.165, 1.54) is 83.5 Å². The Morgan fingerprint density at radius 3 is 1.55 bits per heavy atom.